The van der Waals surface area contributed by atoms with Crippen molar-refractivity contribution in [3.63, 3.8) is 0 Å². The minimum atomic E-state index is -1.54. The number of tetrazole rings is 1. The van der Waals surface area contributed by atoms with E-state index in [0.717, 1.165) is 0 Å². The van der Waals surface area contributed by atoms with Crippen molar-refractivity contribution in [2.45, 2.75) is 41.3 Å². The lowest BCUT2D eigenvalue weighted by molar-refractivity contribution is -0.384. The molecular formula is C22H19ClN6O6S2. The number of esters is 1. The molecule has 2 aromatic carbocycles. The molecule has 2 aliphatic heterocycles. The molecule has 2 fully saturated rings. The van der Waals surface area contributed by atoms with Gasteiger partial charge in [0, 0.05) is 17.2 Å². The first-order chi connectivity index (χ1) is 17.7. The Hall–Kier alpha value is -3.20. The van der Waals surface area contributed by atoms with Crippen LogP contribution in [0.2, 0.25) is 5.02 Å². The molecule has 1 aromatic heterocycles. The van der Waals surface area contributed by atoms with E-state index in [1.54, 1.807) is 31.2 Å². The number of aromatic nitrogens is 4. The predicted molar refractivity (Wildman–Crippen MR) is 133 cm³/mol. The number of nitrogens with zero attached hydrogens (tertiary/aromatic N) is 6. The van der Waals surface area contributed by atoms with Crippen molar-refractivity contribution in [1.29, 1.82) is 0 Å². The Morgan fingerprint density at radius 1 is 1.27 bits per heavy atom. The Morgan fingerprint density at radius 3 is 2.62 bits per heavy atom. The average molecular weight is 563 g/mol. The fraction of sp³-hybridized carbons (Fsp3) is 0.318. The van der Waals surface area contributed by atoms with Crippen molar-refractivity contribution < 1.29 is 23.8 Å². The third kappa shape index (κ3) is 4.65. The highest BCUT2D eigenvalue weighted by atomic mass is 35.5. The number of hydrogen-bond acceptors (Lipinski definition) is 10. The van der Waals surface area contributed by atoms with E-state index in [9.17, 15) is 24.3 Å². The molecule has 0 aliphatic carbocycles. The van der Waals surface area contributed by atoms with Gasteiger partial charge in [0.15, 0.2) is 10.8 Å². The van der Waals surface area contributed by atoms with E-state index in [0.29, 0.717) is 21.4 Å². The number of nitro benzene ring substituents is 1. The van der Waals surface area contributed by atoms with Crippen molar-refractivity contribution >= 4 is 52.1 Å². The topological polar surface area (TPSA) is 156 Å². The van der Waals surface area contributed by atoms with E-state index in [2.05, 4.69) is 15.5 Å². The molecule has 0 bridgehead atoms. The molecule has 1 unspecified atom stereocenters. The van der Waals surface area contributed by atoms with Gasteiger partial charge in [0.05, 0.1) is 22.8 Å². The smallest absolute Gasteiger partial charge is 0.334 e. The molecule has 0 radical (unpaired) electrons. The lowest BCUT2D eigenvalue weighted by Crippen LogP contribution is -2.58. The Bertz CT molecular complexity index is 1360. The maximum absolute atomic E-state index is 13.4. The molecular weight excluding hydrogens is 544 g/mol. The van der Waals surface area contributed by atoms with Crippen molar-refractivity contribution in [1.82, 2.24) is 25.1 Å². The normalized spacial score (nSPS) is 24.5. The van der Waals surface area contributed by atoms with Gasteiger partial charge in [0.1, 0.15) is 6.61 Å². The molecule has 5 rings (SSSR count). The Kier molecular flexibility index (Phi) is 6.83. The van der Waals surface area contributed by atoms with Crippen LogP contribution in [0.3, 0.4) is 0 Å². The third-order valence-electron chi connectivity index (χ3n) is 6.26. The van der Waals surface area contributed by atoms with E-state index in [4.69, 9.17) is 16.3 Å². The van der Waals surface area contributed by atoms with Crippen LogP contribution in [0.15, 0.2) is 53.7 Å². The molecule has 2 saturated heterocycles. The Balaban J connectivity index is 1.33. The molecule has 2 aliphatic rings. The van der Waals surface area contributed by atoms with Gasteiger partial charge in [0.25, 0.3) is 5.69 Å². The fourth-order valence-electron chi connectivity index (χ4n) is 4.27. The molecule has 192 valence electrons. The van der Waals surface area contributed by atoms with Gasteiger partial charge in [-0.05, 0) is 70.5 Å². The molecule has 4 atom stereocenters. The quantitative estimate of drug-likeness (QED) is 0.0997. The third-order valence-corrected chi connectivity index (χ3v) is 10.1. The average Bonchev–Trinajstić information content (AvgIpc) is 3.42. The number of carbonyl (C=O) groups is 2. The van der Waals surface area contributed by atoms with Gasteiger partial charge in [-0.1, -0.05) is 23.4 Å². The molecule has 37 heavy (non-hydrogen) atoms. The van der Waals surface area contributed by atoms with Gasteiger partial charge in [-0.15, -0.1) is 5.10 Å². The Labute approximate surface area is 222 Å². The minimum Gasteiger partial charge on any atom is -0.614 e. The summed E-state index contributed by atoms with van der Waals surface area (Å²) < 4.78 is 19.3. The second-order valence-electron chi connectivity index (χ2n) is 8.64. The van der Waals surface area contributed by atoms with E-state index in [1.807, 2.05) is 0 Å². The first-order valence-corrected chi connectivity index (χ1v) is 13.6. The monoisotopic (exact) mass is 562 g/mol. The van der Waals surface area contributed by atoms with Crippen LogP contribution in [-0.2, 0) is 32.1 Å². The zero-order valence-electron chi connectivity index (χ0n) is 19.2. The predicted octanol–water partition coefficient (Wildman–Crippen LogP) is 2.51. The first-order valence-electron chi connectivity index (χ1n) is 11.0. The number of halogens is 1. The molecule has 3 aromatic rings. The number of ether oxygens (including phenoxy) is 1. The Morgan fingerprint density at radius 2 is 1.97 bits per heavy atom. The fourth-order valence-corrected chi connectivity index (χ4v) is 7.76. The van der Waals surface area contributed by atoms with Crippen LogP contribution in [-0.4, -0.2) is 68.4 Å². The molecule has 0 N–H and O–H groups in total. The lowest BCUT2D eigenvalue weighted by atomic mass is 9.98. The van der Waals surface area contributed by atoms with Crippen molar-refractivity contribution in [2.75, 3.05) is 5.75 Å². The van der Waals surface area contributed by atoms with Crippen LogP contribution in [0.5, 0.6) is 0 Å². The van der Waals surface area contributed by atoms with E-state index < -0.39 is 38.2 Å². The van der Waals surface area contributed by atoms with Crippen LogP contribution >= 0.6 is 23.4 Å². The SMILES string of the molecule is C[C@]1(CSc2nnnn2-c2ccc(Cl)cc2)[C@H](C(=O)OCc2ccc([N+](=O)[O-])cc2)N2C(=O)C[C@@H]2[S+]1[O-]. The van der Waals surface area contributed by atoms with Gasteiger partial charge in [-0.3, -0.25) is 19.8 Å². The number of rotatable bonds is 8. The summed E-state index contributed by atoms with van der Waals surface area (Å²) in [7, 11) is 0. The highest BCUT2D eigenvalue weighted by molar-refractivity contribution is 8.01. The van der Waals surface area contributed by atoms with Crippen LogP contribution < -0.4 is 0 Å². The number of carbonyl (C=O) groups excluding carboxylic acids is 2. The molecule has 1 amide bonds. The second kappa shape index (κ2) is 9.93. The molecule has 12 nitrogen and oxygen atoms in total. The summed E-state index contributed by atoms with van der Waals surface area (Å²) in [6, 6.07) is 11.4. The molecule has 15 heteroatoms. The summed E-state index contributed by atoms with van der Waals surface area (Å²) in [6.45, 7) is 1.54. The second-order valence-corrected chi connectivity index (χ2v) is 12.1. The van der Waals surface area contributed by atoms with E-state index in [1.165, 1.54) is 45.6 Å². The number of non-ortho nitro benzene ring substituents is 1. The largest absolute Gasteiger partial charge is 0.614 e. The molecule has 3 heterocycles. The van der Waals surface area contributed by atoms with Crippen LogP contribution in [0.4, 0.5) is 5.69 Å². The molecule has 0 saturated carbocycles. The van der Waals surface area contributed by atoms with Gasteiger partial charge in [-0.25, -0.2) is 4.79 Å². The first kappa shape index (κ1) is 25.4. The number of thioether (sulfide) groups is 1. The zero-order valence-corrected chi connectivity index (χ0v) is 21.6. The summed E-state index contributed by atoms with van der Waals surface area (Å²) in [4.78, 5) is 37.3. The number of amides is 1. The van der Waals surface area contributed by atoms with Crippen molar-refractivity contribution in [2.24, 2.45) is 0 Å². The minimum absolute atomic E-state index is 0.0826. The summed E-state index contributed by atoms with van der Waals surface area (Å²) in [5.74, 6) is -0.788. The van der Waals surface area contributed by atoms with Crippen molar-refractivity contribution in [3.8, 4) is 5.69 Å². The number of nitro groups is 1. The van der Waals surface area contributed by atoms with Gasteiger partial charge in [0.2, 0.25) is 16.4 Å². The van der Waals surface area contributed by atoms with Gasteiger partial charge in [-0.2, -0.15) is 4.68 Å². The van der Waals surface area contributed by atoms with Crippen molar-refractivity contribution in [3.05, 3.63) is 69.2 Å². The molecule has 0 spiro atoms. The summed E-state index contributed by atoms with van der Waals surface area (Å²) >= 11 is 5.64. The van der Waals surface area contributed by atoms with Crippen LogP contribution in [0, 0.1) is 10.1 Å². The van der Waals surface area contributed by atoms with Gasteiger partial charge >= 0.3 is 5.97 Å². The number of β-lactam (4-membered cyclic amide) rings is 1. The summed E-state index contributed by atoms with van der Waals surface area (Å²) in [6.07, 6.45) is 0.0987. The van der Waals surface area contributed by atoms with Crippen LogP contribution in [0.25, 0.3) is 5.69 Å². The maximum Gasteiger partial charge on any atom is 0.334 e. The van der Waals surface area contributed by atoms with E-state index >= 15 is 0 Å². The number of fused-ring (bicyclic) bond motifs is 1. The standard InChI is InChI=1S/C22H19ClN6O6S2/c1-22(12-36-21-24-25-26-28(21)15-8-4-14(23)5-9-15)19(27-17(30)10-18(27)37(22)34)20(31)35-11-13-2-6-16(7-3-13)29(32)33/h2-9,18-19H,10-12H2,1H3/t18-,19-,22-,37?/m0/s1. The lowest BCUT2D eigenvalue weighted by Gasteiger charge is -2.34. The van der Waals surface area contributed by atoms with Gasteiger partial charge < -0.3 is 9.29 Å². The number of benzene rings is 2. The van der Waals surface area contributed by atoms with E-state index in [-0.39, 0.29) is 30.4 Å². The zero-order chi connectivity index (χ0) is 26.3. The summed E-state index contributed by atoms with van der Waals surface area (Å²) in [5.41, 5.74) is 1.14. The number of hydrogen-bond donors (Lipinski definition) is 0. The highest BCUT2D eigenvalue weighted by Crippen LogP contribution is 2.48. The maximum atomic E-state index is 13.4. The van der Waals surface area contributed by atoms with Crippen LogP contribution in [0.1, 0.15) is 18.9 Å². The highest BCUT2D eigenvalue weighted by Gasteiger charge is 2.70. The summed E-state index contributed by atoms with van der Waals surface area (Å²) in [5, 5.41) is 23.1.